The number of nitrogens with one attached hydrogen (secondary N) is 2. The summed E-state index contributed by atoms with van der Waals surface area (Å²) >= 11 is 1.22. The molecule has 10 nitrogen and oxygen atoms in total. The number of rotatable bonds is 14. The molecule has 0 saturated carbocycles. The van der Waals surface area contributed by atoms with Crippen molar-refractivity contribution in [2.24, 2.45) is 0 Å². The van der Waals surface area contributed by atoms with E-state index in [2.05, 4.69) is 15.6 Å². The van der Waals surface area contributed by atoms with Gasteiger partial charge in [0.05, 0.1) is 32.9 Å². The number of methoxy groups -OCH3 is 3. The molecule has 3 rings (SSSR count). The molecule has 202 valence electrons. The Morgan fingerprint density at radius 3 is 2.45 bits per heavy atom. The summed E-state index contributed by atoms with van der Waals surface area (Å²) in [5.74, 6) is 0.470. The van der Waals surface area contributed by atoms with Gasteiger partial charge in [-0.3, -0.25) is 14.4 Å². The van der Waals surface area contributed by atoms with Crippen molar-refractivity contribution in [2.75, 3.05) is 52.9 Å². The van der Waals surface area contributed by atoms with Crippen LogP contribution in [-0.4, -0.2) is 75.2 Å². The van der Waals surface area contributed by atoms with Crippen LogP contribution in [0.2, 0.25) is 0 Å². The van der Waals surface area contributed by atoms with E-state index in [0.29, 0.717) is 47.5 Å². The SMILES string of the molecule is COCCN(CC(=O)Nc1nc(CC(=O)NCCc2ccc(OC)c(OC)c2)cs1)C(=O)c1ccccc1. The van der Waals surface area contributed by atoms with Crippen LogP contribution in [0.4, 0.5) is 5.13 Å². The normalized spacial score (nSPS) is 10.5. The molecule has 38 heavy (non-hydrogen) atoms. The maximum absolute atomic E-state index is 12.8. The number of carbonyl (C=O) groups is 3. The lowest BCUT2D eigenvalue weighted by atomic mass is 10.1. The number of aromatic nitrogens is 1. The molecule has 2 aromatic carbocycles. The maximum atomic E-state index is 12.8. The van der Waals surface area contributed by atoms with Crippen LogP contribution in [0.15, 0.2) is 53.9 Å². The third-order valence-corrected chi connectivity index (χ3v) is 6.34. The van der Waals surface area contributed by atoms with E-state index in [9.17, 15) is 14.4 Å². The lowest BCUT2D eigenvalue weighted by Crippen LogP contribution is -2.40. The molecule has 3 amide bonds. The van der Waals surface area contributed by atoms with Gasteiger partial charge in [-0.2, -0.15) is 0 Å². The number of amides is 3. The first-order valence-corrected chi connectivity index (χ1v) is 12.9. The second kappa shape index (κ2) is 14.7. The fourth-order valence-electron chi connectivity index (χ4n) is 3.60. The number of carbonyl (C=O) groups excluding carboxylic acids is 3. The van der Waals surface area contributed by atoms with Gasteiger partial charge in [0.2, 0.25) is 11.8 Å². The highest BCUT2D eigenvalue weighted by atomic mass is 32.1. The van der Waals surface area contributed by atoms with Crippen molar-refractivity contribution < 1.29 is 28.6 Å². The summed E-state index contributed by atoms with van der Waals surface area (Å²) < 4.78 is 15.6. The summed E-state index contributed by atoms with van der Waals surface area (Å²) in [6, 6.07) is 14.4. The smallest absolute Gasteiger partial charge is 0.254 e. The molecule has 1 heterocycles. The molecule has 1 aromatic heterocycles. The van der Waals surface area contributed by atoms with Crippen LogP contribution in [-0.2, 0) is 27.2 Å². The average molecular weight is 541 g/mol. The zero-order chi connectivity index (χ0) is 27.3. The van der Waals surface area contributed by atoms with Crippen LogP contribution in [0.25, 0.3) is 0 Å². The lowest BCUT2D eigenvalue weighted by Gasteiger charge is -2.21. The molecule has 0 radical (unpaired) electrons. The first-order valence-electron chi connectivity index (χ1n) is 12.0. The summed E-state index contributed by atoms with van der Waals surface area (Å²) in [5.41, 5.74) is 2.04. The van der Waals surface area contributed by atoms with E-state index in [-0.39, 0.29) is 37.2 Å². The number of thiazole rings is 1. The van der Waals surface area contributed by atoms with E-state index in [0.717, 1.165) is 5.56 Å². The van der Waals surface area contributed by atoms with Crippen molar-refractivity contribution in [1.82, 2.24) is 15.2 Å². The molecule has 0 aliphatic heterocycles. The number of hydrogen-bond donors (Lipinski definition) is 2. The summed E-state index contributed by atoms with van der Waals surface area (Å²) in [4.78, 5) is 43.6. The second-order valence-corrected chi connectivity index (χ2v) is 9.10. The molecule has 3 aromatic rings. The molecular formula is C27H32N4O6S. The number of hydrogen-bond acceptors (Lipinski definition) is 8. The van der Waals surface area contributed by atoms with Gasteiger partial charge in [-0.05, 0) is 36.2 Å². The second-order valence-electron chi connectivity index (χ2n) is 8.24. The molecule has 0 aliphatic rings. The summed E-state index contributed by atoms with van der Waals surface area (Å²) in [6.45, 7) is 0.871. The lowest BCUT2D eigenvalue weighted by molar-refractivity contribution is -0.120. The molecule has 0 aliphatic carbocycles. The van der Waals surface area contributed by atoms with Crippen LogP contribution in [0.5, 0.6) is 11.5 Å². The van der Waals surface area contributed by atoms with E-state index in [1.54, 1.807) is 43.9 Å². The zero-order valence-corrected chi connectivity index (χ0v) is 22.5. The Labute approximate surface area is 225 Å². The topological polar surface area (TPSA) is 119 Å². The Morgan fingerprint density at radius 1 is 0.974 bits per heavy atom. The Hall–Kier alpha value is -3.96. The first kappa shape index (κ1) is 28.6. The molecule has 0 saturated heterocycles. The van der Waals surface area contributed by atoms with Crippen LogP contribution in [0, 0.1) is 0 Å². The predicted molar refractivity (Wildman–Crippen MR) is 145 cm³/mol. The van der Waals surface area contributed by atoms with Gasteiger partial charge in [-0.1, -0.05) is 24.3 Å². The Bertz CT molecular complexity index is 1220. The maximum Gasteiger partial charge on any atom is 0.254 e. The highest BCUT2D eigenvalue weighted by Crippen LogP contribution is 2.27. The minimum Gasteiger partial charge on any atom is -0.493 e. The molecule has 0 spiro atoms. The minimum absolute atomic E-state index is 0.0881. The Balaban J connectivity index is 1.47. The van der Waals surface area contributed by atoms with Gasteiger partial charge in [0.15, 0.2) is 16.6 Å². The molecule has 0 fully saturated rings. The standard InChI is InChI=1S/C27H32N4O6S/c1-35-14-13-31(26(34)20-7-5-4-6-8-20)17-25(33)30-27-29-21(18-38-27)16-24(32)28-12-11-19-9-10-22(36-2)23(15-19)37-3/h4-10,15,18H,11-14,16-17H2,1-3H3,(H,28,32)(H,29,30,33). The summed E-state index contributed by atoms with van der Waals surface area (Å²) in [5, 5.41) is 7.68. The fourth-order valence-corrected chi connectivity index (χ4v) is 4.33. The highest BCUT2D eigenvalue weighted by Gasteiger charge is 2.19. The van der Waals surface area contributed by atoms with Crippen LogP contribution >= 0.6 is 11.3 Å². The predicted octanol–water partition coefficient (Wildman–Crippen LogP) is 2.79. The van der Waals surface area contributed by atoms with Gasteiger partial charge in [0.1, 0.15) is 6.54 Å². The van der Waals surface area contributed by atoms with Crippen molar-refractivity contribution in [3.63, 3.8) is 0 Å². The van der Waals surface area contributed by atoms with Gasteiger partial charge in [0, 0.05) is 31.1 Å². The molecule has 0 unspecified atom stereocenters. The number of ether oxygens (including phenoxy) is 3. The Morgan fingerprint density at radius 2 is 1.74 bits per heavy atom. The molecule has 0 atom stereocenters. The van der Waals surface area contributed by atoms with E-state index < -0.39 is 0 Å². The van der Waals surface area contributed by atoms with Gasteiger partial charge >= 0.3 is 0 Å². The quantitative estimate of drug-likeness (QED) is 0.323. The molecule has 0 bridgehead atoms. The van der Waals surface area contributed by atoms with Crippen molar-refractivity contribution in [3.8, 4) is 11.5 Å². The van der Waals surface area contributed by atoms with E-state index in [1.807, 2.05) is 24.3 Å². The monoisotopic (exact) mass is 540 g/mol. The van der Waals surface area contributed by atoms with E-state index in [4.69, 9.17) is 14.2 Å². The zero-order valence-electron chi connectivity index (χ0n) is 21.7. The number of benzene rings is 2. The number of nitrogens with zero attached hydrogens (tertiary/aromatic N) is 2. The highest BCUT2D eigenvalue weighted by molar-refractivity contribution is 7.13. The largest absolute Gasteiger partial charge is 0.493 e. The minimum atomic E-state index is -0.384. The van der Waals surface area contributed by atoms with Crippen LogP contribution in [0.1, 0.15) is 21.6 Å². The molecule has 2 N–H and O–H groups in total. The number of anilines is 1. The van der Waals surface area contributed by atoms with Crippen molar-refractivity contribution in [1.29, 1.82) is 0 Å². The van der Waals surface area contributed by atoms with Gasteiger partial charge in [-0.25, -0.2) is 4.98 Å². The van der Waals surface area contributed by atoms with Crippen LogP contribution in [0.3, 0.4) is 0 Å². The van der Waals surface area contributed by atoms with Crippen molar-refractivity contribution >= 4 is 34.2 Å². The Kier molecular flexibility index (Phi) is 11.1. The average Bonchev–Trinajstić information content (AvgIpc) is 3.36. The third-order valence-electron chi connectivity index (χ3n) is 5.53. The first-order chi connectivity index (χ1) is 18.4. The van der Waals surface area contributed by atoms with Crippen molar-refractivity contribution in [3.05, 3.63) is 70.7 Å². The molecular weight excluding hydrogens is 508 g/mol. The third kappa shape index (κ3) is 8.56. The van der Waals surface area contributed by atoms with Crippen LogP contribution < -0.4 is 20.1 Å². The van der Waals surface area contributed by atoms with Gasteiger partial charge in [-0.15, -0.1) is 11.3 Å². The van der Waals surface area contributed by atoms with Crippen molar-refractivity contribution in [2.45, 2.75) is 12.8 Å². The summed E-state index contributed by atoms with van der Waals surface area (Å²) in [6.07, 6.45) is 0.719. The van der Waals surface area contributed by atoms with Gasteiger partial charge < -0.3 is 29.7 Å². The molecule has 11 heteroatoms. The van der Waals surface area contributed by atoms with Gasteiger partial charge in [0.25, 0.3) is 5.91 Å². The van der Waals surface area contributed by atoms with E-state index in [1.165, 1.54) is 23.3 Å². The summed E-state index contributed by atoms with van der Waals surface area (Å²) in [7, 11) is 4.70. The van der Waals surface area contributed by atoms with E-state index >= 15 is 0 Å². The fraction of sp³-hybridized carbons (Fsp3) is 0.333.